The molecule has 1 unspecified atom stereocenters. The first-order valence-corrected chi connectivity index (χ1v) is 10.0. The summed E-state index contributed by atoms with van der Waals surface area (Å²) in [5.74, 6) is 0.532. The van der Waals surface area contributed by atoms with Gasteiger partial charge in [0.15, 0.2) is 0 Å². The summed E-state index contributed by atoms with van der Waals surface area (Å²) < 4.78 is 1.88. The predicted molar refractivity (Wildman–Crippen MR) is 116 cm³/mol. The van der Waals surface area contributed by atoms with E-state index in [-0.39, 0.29) is 24.4 Å². The number of imidazole rings is 1. The Morgan fingerprint density at radius 1 is 1.03 bits per heavy atom. The number of rotatable bonds is 7. The average molecular weight is 393 g/mol. The number of benzene rings is 2. The molecule has 0 bridgehead atoms. The number of carbonyl (C=O) groups is 2. The molecule has 0 saturated heterocycles. The Morgan fingerprint density at radius 2 is 1.72 bits per heavy atom. The first-order chi connectivity index (χ1) is 13.9. The zero-order valence-corrected chi connectivity index (χ0v) is 17.5. The second kappa shape index (κ2) is 8.90. The zero-order valence-electron chi connectivity index (χ0n) is 17.5. The van der Waals surface area contributed by atoms with E-state index in [0.717, 1.165) is 34.3 Å². The van der Waals surface area contributed by atoms with Crippen molar-refractivity contribution in [3.8, 4) is 0 Å². The maximum Gasteiger partial charge on any atom is 0.244 e. The quantitative estimate of drug-likeness (QED) is 0.630. The molecule has 1 aromatic heterocycles. The van der Waals surface area contributed by atoms with Crippen LogP contribution < -0.4 is 10.6 Å². The number of amides is 2. The van der Waals surface area contributed by atoms with Gasteiger partial charge in [0.1, 0.15) is 12.4 Å². The van der Waals surface area contributed by atoms with Crippen LogP contribution in [0.25, 0.3) is 11.0 Å². The van der Waals surface area contributed by atoms with Crippen molar-refractivity contribution in [3.05, 3.63) is 59.4 Å². The summed E-state index contributed by atoms with van der Waals surface area (Å²) in [6.45, 7) is 7.95. The molecule has 2 amide bonds. The highest BCUT2D eigenvalue weighted by Crippen LogP contribution is 2.23. The van der Waals surface area contributed by atoms with Gasteiger partial charge in [0.25, 0.3) is 0 Å². The molecule has 6 heteroatoms. The number of aryl methyl sites for hydroxylation is 2. The van der Waals surface area contributed by atoms with Crippen LogP contribution in [0.2, 0.25) is 0 Å². The van der Waals surface area contributed by atoms with Crippen molar-refractivity contribution in [2.75, 3.05) is 5.32 Å². The number of aromatic nitrogens is 2. The second-order valence-electron chi connectivity index (χ2n) is 7.40. The van der Waals surface area contributed by atoms with Crippen LogP contribution in [0.5, 0.6) is 0 Å². The van der Waals surface area contributed by atoms with Gasteiger partial charge in [0, 0.05) is 12.1 Å². The fraction of sp³-hybridized carbons (Fsp3) is 0.348. The highest BCUT2D eigenvalue weighted by atomic mass is 16.2. The number of para-hydroxylation sites is 3. The molecule has 1 heterocycles. The standard InChI is InChI=1S/C23H28N4O2/c1-5-9-20(28)24-17(4)23-25-18-12-6-7-13-19(18)27(23)14-21(29)26-22-15(2)10-8-11-16(22)3/h6-8,10-13,17H,5,9,14H2,1-4H3,(H,24,28)(H,26,29). The number of hydrogen-bond acceptors (Lipinski definition) is 3. The summed E-state index contributed by atoms with van der Waals surface area (Å²) in [4.78, 5) is 29.6. The van der Waals surface area contributed by atoms with Crippen LogP contribution in [0, 0.1) is 13.8 Å². The summed E-state index contributed by atoms with van der Waals surface area (Å²) >= 11 is 0. The second-order valence-corrected chi connectivity index (χ2v) is 7.40. The Kier molecular flexibility index (Phi) is 6.32. The molecule has 3 rings (SSSR count). The molecule has 0 aliphatic rings. The lowest BCUT2D eigenvalue weighted by molar-refractivity contribution is -0.121. The monoisotopic (exact) mass is 392 g/mol. The molecule has 29 heavy (non-hydrogen) atoms. The van der Waals surface area contributed by atoms with E-state index in [1.807, 2.05) is 74.7 Å². The van der Waals surface area contributed by atoms with E-state index in [4.69, 9.17) is 0 Å². The minimum absolute atomic E-state index is 0.0152. The molecule has 152 valence electrons. The molecule has 0 fully saturated rings. The molecular weight excluding hydrogens is 364 g/mol. The molecule has 0 radical (unpaired) electrons. The highest BCUT2D eigenvalue weighted by Gasteiger charge is 2.20. The van der Waals surface area contributed by atoms with Crippen molar-refractivity contribution in [2.24, 2.45) is 0 Å². The van der Waals surface area contributed by atoms with Gasteiger partial charge in [-0.05, 0) is 50.5 Å². The number of hydrogen-bond donors (Lipinski definition) is 2. The Bertz CT molecular complexity index is 1020. The molecule has 0 saturated carbocycles. The summed E-state index contributed by atoms with van der Waals surface area (Å²) in [5.41, 5.74) is 4.56. The van der Waals surface area contributed by atoms with Crippen molar-refractivity contribution in [1.82, 2.24) is 14.9 Å². The van der Waals surface area contributed by atoms with Gasteiger partial charge >= 0.3 is 0 Å². The van der Waals surface area contributed by atoms with E-state index < -0.39 is 0 Å². The summed E-state index contributed by atoms with van der Waals surface area (Å²) in [5, 5.41) is 6.02. The third-order valence-corrected chi connectivity index (χ3v) is 4.97. The molecule has 2 N–H and O–H groups in total. The van der Waals surface area contributed by atoms with Crippen molar-refractivity contribution in [2.45, 2.75) is 53.1 Å². The van der Waals surface area contributed by atoms with Gasteiger partial charge < -0.3 is 15.2 Å². The molecule has 6 nitrogen and oxygen atoms in total. The fourth-order valence-electron chi connectivity index (χ4n) is 3.53. The van der Waals surface area contributed by atoms with Crippen molar-refractivity contribution in [3.63, 3.8) is 0 Å². The molecule has 3 aromatic rings. The summed E-state index contributed by atoms with van der Waals surface area (Å²) in [7, 11) is 0. The van der Waals surface area contributed by atoms with Crippen LogP contribution in [0.1, 0.15) is 49.7 Å². The van der Waals surface area contributed by atoms with Gasteiger partial charge in [-0.2, -0.15) is 0 Å². The lowest BCUT2D eigenvalue weighted by atomic mass is 10.1. The Morgan fingerprint density at radius 3 is 2.41 bits per heavy atom. The first-order valence-electron chi connectivity index (χ1n) is 10.0. The van der Waals surface area contributed by atoms with Gasteiger partial charge in [-0.3, -0.25) is 9.59 Å². The molecule has 0 spiro atoms. The predicted octanol–water partition coefficient (Wildman–Crippen LogP) is 4.27. The number of carbonyl (C=O) groups excluding carboxylic acids is 2. The summed E-state index contributed by atoms with van der Waals surface area (Å²) in [6.07, 6.45) is 1.25. The van der Waals surface area contributed by atoms with E-state index in [1.54, 1.807) is 0 Å². The minimum Gasteiger partial charge on any atom is -0.346 e. The van der Waals surface area contributed by atoms with E-state index in [0.29, 0.717) is 12.2 Å². The average Bonchev–Trinajstić information content (AvgIpc) is 3.04. The normalized spacial score (nSPS) is 12.0. The van der Waals surface area contributed by atoms with E-state index in [9.17, 15) is 9.59 Å². The molecule has 1 atom stereocenters. The summed E-state index contributed by atoms with van der Waals surface area (Å²) in [6, 6.07) is 13.3. The van der Waals surface area contributed by atoms with Crippen molar-refractivity contribution >= 4 is 28.5 Å². The van der Waals surface area contributed by atoms with Crippen molar-refractivity contribution in [1.29, 1.82) is 0 Å². The minimum atomic E-state index is -0.297. The molecule has 0 aliphatic heterocycles. The van der Waals surface area contributed by atoms with Crippen LogP contribution in [0.15, 0.2) is 42.5 Å². The Labute approximate surface area is 171 Å². The maximum absolute atomic E-state index is 12.9. The number of nitrogens with one attached hydrogen (secondary N) is 2. The third kappa shape index (κ3) is 4.65. The van der Waals surface area contributed by atoms with Gasteiger partial charge in [0.05, 0.1) is 17.1 Å². The van der Waals surface area contributed by atoms with Crippen molar-refractivity contribution < 1.29 is 9.59 Å². The van der Waals surface area contributed by atoms with E-state index in [1.165, 1.54) is 0 Å². The molecule has 0 aliphatic carbocycles. The largest absolute Gasteiger partial charge is 0.346 e. The fourth-order valence-corrected chi connectivity index (χ4v) is 3.53. The number of fused-ring (bicyclic) bond motifs is 1. The molecule has 2 aromatic carbocycles. The van der Waals surface area contributed by atoms with Crippen LogP contribution in [-0.2, 0) is 16.1 Å². The topological polar surface area (TPSA) is 76.0 Å². The van der Waals surface area contributed by atoms with Gasteiger partial charge in [-0.25, -0.2) is 4.98 Å². The van der Waals surface area contributed by atoms with Crippen LogP contribution >= 0.6 is 0 Å². The van der Waals surface area contributed by atoms with Gasteiger partial charge in [-0.1, -0.05) is 37.3 Å². The van der Waals surface area contributed by atoms with Gasteiger partial charge in [0.2, 0.25) is 11.8 Å². The highest BCUT2D eigenvalue weighted by molar-refractivity contribution is 5.93. The molecular formula is C23H28N4O2. The van der Waals surface area contributed by atoms with Crippen LogP contribution in [0.3, 0.4) is 0 Å². The lowest BCUT2D eigenvalue weighted by Gasteiger charge is -2.17. The smallest absolute Gasteiger partial charge is 0.244 e. The van der Waals surface area contributed by atoms with Crippen LogP contribution in [-0.4, -0.2) is 21.4 Å². The van der Waals surface area contributed by atoms with Gasteiger partial charge in [-0.15, -0.1) is 0 Å². The Balaban J connectivity index is 1.89. The number of nitrogens with zero attached hydrogens (tertiary/aromatic N) is 2. The first kappa shape index (κ1) is 20.6. The Hall–Kier alpha value is -3.15. The lowest BCUT2D eigenvalue weighted by Crippen LogP contribution is -2.29. The number of anilines is 1. The SMILES string of the molecule is CCCC(=O)NC(C)c1nc2ccccc2n1CC(=O)Nc1c(C)cccc1C. The maximum atomic E-state index is 12.9. The van der Waals surface area contributed by atoms with E-state index >= 15 is 0 Å². The van der Waals surface area contributed by atoms with Crippen LogP contribution in [0.4, 0.5) is 5.69 Å². The zero-order chi connectivity index (χ0) is 21.0. The van der Waals surface area contributed by atoms with E-state index in [2.05, 4.69) is 15.6 Å². The third-order valence-electron chi connectivity index (χ3n) is 4.97.